The molecule has 2 unspecified atom stereocenters. The third-order valence-corrected chi connectivity index (χ3v) is 4.35. The summed E-state index contributed by atoms with van der Waals surface area (Å²) in [6, 6.07) is 9.55. The minimum atomic E-state index is -3.03. The van der Waals surface area contributed by atoms with Crippen LogP contribution in [0.15, 0.2) is 30.3 Å². The van der Waals surface area contributed by atoms with Crippen LogP contribution in [0.3, 0.4) is 0 Å². The van der Waals surface area contributed by atoms with Crippen LogP contribution in [-0.2, 0) is 9.84 Å². The molecule has 0 aromatic heterocycles. The van der Waals surface area contributed by atoms with Crippen molar-refractivity contribution in [3.05, 3.63) is 35.9 Å². The molecule has 90 valence electrons. The lowest BCUT2D eigenvalue weighted by atomic mass is 10.0. The van der Waals surface area contributed by atoms with Crippen molar-refractivity contribution in [3.8, 4) is 0 Å². The first-order valence-corrected chi connectivity index (χ1v) is 7.39. The molecule has 16 heavy (non-hydrogen) atoms. The van der Waals surface area contributed by atoms with Crippen LogP contribution in [0.4, 0.5) is 0 Å². The summed E-state index contributed by atoms with van der Waals surface area (Å²) < 4.78 is 23.2. The quantitative estimate of drug-likeness (QED) is 0.854. The van der Waals surface area contributed by atoms with Crippen molar-refractivity contribution in [2.75, 3.05) is 12.8 Å². The molecule has 1 rings (SSSR count). The van der Waals surface area contributed by atoms with Crippen molar-refractivity contribution in [1.29, 1.82) is 0 Å². The molecule has 4 heteroatoms. The molecule has 1 aromatic rings. The molecule has 0 fully saturated rings. The second-order valence-corrected chi connectivity index (χ2v) is 6.38. The van der Waals surface area contributed by atoms with Gasteiger partial charge in [0.15, 0.2) is 9.84 Å². The molecule has 3 nitrogen and oxygen atoms in total. The highest BCUT2D eigenvalue weighted by Gasteiger charge is 2.26. The SMILES string of the molecule is CCNC(c1ccccc1)C(C)S(C)(=O)=O. The normalized spacial score (nSPS) is 15.7. The first-order chi connectivity index (χ1) is 7.46. The summed E-state index contributed by atoms with van der Waals surface area (Å²) >= 11 is 0. The Kier molecular flexibility index (Phi) is 4.50. The molecule has 0 radical (unpaired) electrons. The van der Waals surface area contributed by atoms with E-state index in [1.807, 2.05) is 37.3 Å². The maximum absolute atomic E-state index is 11.6. The molecule has 0 aliphatic carbocycles. The first kappa shape index (κ1) is 13.2. The zero-order chi connectivity index (χ0) is 12.2. The van der Waals surface area contributed by atoms with Crippen LogP contribution >= 0.6 is 0 Å². The number of rotatable bonds is 5. The fourth-order valence-electron chi connectivity index (χ4n) is 1.68. The smallest absolute Gasteiger partial charge is 0.151 e. The van der Waals surface area contributed by atoms with E-state index >= 15 is 0 Å². The molecule has 0 amide bonds. The molecule has 0 bridgehead atoms. The number of benzene rings is 1. The monoisotopic (exact) mass is 241 g/mol. The van der Waals surface area contributed by atoms with Crippen molar-refractivity contribution in [2.45, 2.75) is 25.1 Å². The molecule has 0 saturated carbocycles. The Labute approximate surface area is 97.8 Å². The third-order valence-electron chi connectivity index (χ3n) is 2.73. The standard InChI is InChI=1S/C12H19NO2S/c1-4-13-12(10(2)16(3,14)15)11-8-6-5-7-9-11/h5-10,12-13H,4H2,1-3H3. The topological polar surface area (TPSA) is 46.2 Å². The predicted octanol–water partition coefficient (Wildman–Crippen LogP) is 1.77. The molecular formula is C12H19NO2S. The average Bonchev–Trinajstić information content (AvgIpc) is 2.25. The first-order valence-electron chi connectivity index (χ1n) is 5.44. The lowest BCUT2D eigenvalue weighted by molar-refractivity contribution is 0.513. The molecule has 1 N–H and O–H groups in total. The van der Waals surface area contributed by atoms with Gasteiger partial charge in [0.2, 0.25) is 0 Å². The molecule has 1 aromatic carbocycles. The van der Waals surface area contributed by atoms with E-state index in [4.69, 9.17) is 0 Å². The Hall–Kier alpha value is -0.870. The maximum atomic E-state index is 11.6. The van der Waals surface area contributed by atoms with E-state index in [-0.39, 0.29) is 6.04 Å². The van der Waals surface area contributed by atoms with Gasteiger partial charge in [0.25, 0.3) is 0 Å². The van der Waals surface area contributed by atoms with Gasteiger partial charge in [-0.15, -0.1) is 0 Å². The number of sulfone groups is 1. The van der Waals surface area contributed by atoms with Crippen molar-refractivity contribution in [3.63, 3.8) is 0 Å². The Morgan fingerprint density at radius 1 is 1.25 bits per heavy atom. The highest BCUT2D eigenvalue weighted by Crippen LogP contribution is 2.21. The maximum Gasteiger partial charge on any atom is 0.151 e. The highest BCUT2D eigenvalue weighted by atomic mass is 32.2. The number of hydrogen-bond donors (Lipinski definition) is 1. The highest BCUT2D eigenvalue weighted by molar-refractivity contribution is 7.91. The Morgan fingerprint density at radius 3 is 2.25 bits per heavy atom. The average molecular weight is 241 g/mol. The lowest BCUT2D eigenvalue weighted by Gasteiger charge is -2.23. The van der Waals surface area contributed by atoms with E-state index in [0.717, 1.165) is 12.1 Å². The van der Waals surface area contributed by atoms with Crippen molar-refractivity contribution >= 4 is 9.84 Å². The second kappa shape index (κ2) is 5.46. The molecule has 2 atom stereocenters. The fraction of sp³-hybridized carbons (Fsp3) is 0.500. The lowest BCUT2D eigenvalue weighted by Crippen LogP contribution is -2.34. The largest absolute Gasteiger partial charge is 0.309 e. The van der Waals surface area contributed by atoms with Crippen LogP contribution in [-0.4, -0.2) is 26.5 Å². The van der Waals surface area contributed by atoms with Gasteiger partial charge in [0.1, 0.15) is 0 Å². The van der Waals surface area contributed by atoms with E-state index in [0.29, 0.717) is 0 Å². The zero-order valence-corrected chi connectivity index (χ0v) is 10.8. The predicted molar refractivity (Wildman–Crippen MR) is 67.2 cm³/mol. The summed E-state index contributed by atoms with van der Waals surface area (Å²) in [6.45, 7) is 4.47. The van der Waals surface area contributed by atoms with Gasteiger partial charge in [-0.05, 0) is 19.0 Å². The van der Waals surface area contributed by atoms with Gasteiger partial charge in [-0.1, -0.05) is 37.3 Å². The van der Waals surface area contributed by atoms with E-state index in [9.17, 15) is 8.42 Å². The Balaban J connectivity index is 3.01. The van der Waals surface area contributed by atoms with Gasteiger partial charge in [0, 0.05) is 12.3 Å². The number of nitrogens with one attached hydrogen (secondary N) is 1. The van der Waals surface area contributed by atoms with Gasteiger partial charge in [-0.3, -0.25) is 0 Å². The minimum Gasteiger partial charge on any atom is -0.309 e. The third kappa shape index (κ3) is 3.32. The van der Waals surface area contributed by atoms with E-state index < -0.39 is 15.1 Å². The summed E-state index contributed by atoms with van der Waals surface area (Å²) in [5, 5.41) is 2.80. The van der Waals surface area contributed by atoms with Crippen LogP contribution < -0.4 is 5.32 Å². The van der Waals surface area contributed by atoms with Crippen LogP contribution in [0.5, 0.6) is 0 Å². The second-order valence-electron chi connectivity index (χ2n) is 3.98. The van der Waals surface area contributed by atoms with Gasteiger partial charge in [-0.25, -0.2) is 8.42 Å². The van der Waals surface area contributed by atoms with E-state index in [2.05, 4.69) is 5.32 Å². The van der Waals surface area contributed by atoms with E-state index in [1.54, 1.807) is 6.92 Å². The summed E-state index contributed by atoms with van der Waals surface area (Å²) in [7, 11) is -3.03. The van der Waals surface area contributed by atoms with Gasteiger partial charge in [0.05, 0.1) is 5.25 Å². The van der Waals surface area contributed by atoms with Crippen LogP contribution in [0, 0.1) is 0 Å². The Bertz CT molecular complexity index is 414. The summed E-state index contributed by atoms with van der Waals surface area (Å²) in [6.07, 6.45) is 1.28. The number of hydrogen-bond acceptors (Lipinski definition) is 3. The van der Waals surface area contributed by atoms with Crippen molar-refractivity contribution in [2.24, 2.45) is 0 Å². The molecule has 0 heterocycles. The zero-order valence-electron chi connectivity index (χ0n) is 9.97. The molecule has 0 saturated heterocycles. The fourth-order valence-corrected chi connectivity index (χ4v) is 2.43. The molecule has 0 aliphatic rings. The molecule has 0 spiro atoms. The van der Waals surface area contributed by atoms with E-state index in [1.165, 1.54) is 6.26 Å². The summed E-state index contributed by atoms with van der Waals surface area (Å²) in [5.41, 5.74) is 1.02. The Morgan fingerprint density at radius 2 is 1.81 bits per heavy atom. The van der Waals surface area contributed by atoms with Crippen LogP contribution in [0.2, 0.25) is 0 Å². The van der Waals surface area contributed by atoms with Gasteiger partial charge < -0.3 is 5.32 Å². The summed E-state index contributed by atoms with van der Waals surface area (Å²) in [4.78, 5) is 0. The van der Waals surface area contributed by atoms with Crippen molar-refractivity contribution < 1.29 is 8.42 Å². The van der Waals surface area contributed by atoms with Crippen LogP contribution in [0.25, 0.3) is 0 Å². The molecule has 0 aliphatic heterocycles. The van der Waals surface area contributed by atoms with Crippen molar-refractivity contribution in [1.82, 2.24) is 5.32 Å². The molecular weight excluding hydrogens is 222 g/mol. The van der Waals surface area contributed by atoms with Gasteiger partial charge in [-0.2, -0.15) is 0 Å². The van der Waals surface area contributed by atoms with Gasteiger partial charge >= 0.3 is 0 Å². The minimum absolute atomic E-state index is 0.138. The summed E-state index contributed by atoms with van der Waals surface area (Å²) in [5.74, 6) is 0. The van der Waals surface area contributed by atoms with Crippen LogP contribution in [0.1, 0.15) is 25.5 Å².